The standard InChI is InChI=1S/C12H23N/c1-10-6-7-13(9-10)11(2)8-12(3,4)5/h10H,2,6-9H2,1,3-5H3. The average molecular weight is 181 g/mol. The summed E-state index contributed by atoms with van der Waals surface area (Å²) in [5.74, 6) is 0.858. The molecule has 0 bridgehead atoms. The Kier molecular flexibility index (Phi) is 3.05. The molecule has 1 rings (SSSR count). The van der Waals surface area contributed by atoms with Crippen molar-refractivity contribution in [3.8, 4) is 0 Å². The third kappa shape index (κ3) is 3.41. The second-order valence-corrected chi connectivity index (χ2v) is 5.64. The van der Waals surface area contributed by atoms with E-state index in [9.17, 15) is 0 Å². The Morgan fingerprint density at radius 3 is 2.46 bits per heavy atom. The number of rotatable bonds is 2. The minimum Gasteiger partial charge on any atom is -0.375 e. The van der Waals surface area contributed by atoms with E-state index in [-0.39, 0.29) is 0 Å². The van der Waals surface area contributed by atoms with Gasteiger partial charge in [0.25, 0.3) is 0 Å². The van der Waals surface area contributed by atoms with Gasteiger partial charge < -0.3 is 4.90 Å². The van der Waals surface area contributed by atoms with Gasteiger partial charge in [0.05, 0.1) is 0 Å². The molecule has 1 fully saturated rings. The maximum absolute atomic E-state index is 4.18. The van der Waals surface area contributed by atoms with Crippen molar-refractivity contribution in [2.75, 3.05) is 13.1 Å². The van der Waals surface area contributed by atoms with Crippen molar-refractivity contribution in [3.63, 3.8) is 0 Å². The first-order valence-corrected chi connectivity index (χ1v) is 5.31. The van der Waals surface area contributed by atoms with Gasteiger partial charge in [-0.25, -0.2) is 0 Å². The molecule has 1 saturated heterocycles. The lowest BCUT2D eigenvalue weighted by Gasteiger charge is -2.27. The lowest BCUT2D eigenvalue weighted by Crippen LogP contribution is -2.22. The quantitative estimate of drug-likeness (QED) is 0.632. The molecule has 0 spiro atoms. The predicted molar refractivity (Wildman–Crippen MR) is 58.6 cm³/mol. The summed E-state index contributed by atoms with van der Waals surface area (Å²) in [6, 6.07) is 0. The van der Waals surface area contributed by atoms with Crippen LogP contribution in [-0.2, 0) is 0 Å². The summed E-state index contributed by atoms with van der Waals surface area (Å²) in [5.41, 5.74) is 1.71. The fraction of sp³-hybridized carbons (Fsp3) is 0.833. The molecule has 76 valence electrons. The summed E-state index contributed by atoms with van der Waals surface area (Å²) < 4.78 is 0. The van der Waals surface area contributed by atoms with Crippen molar-refractivity contribution in [2.45, 2.75) is 40.5 Å². The van der Waals surface area contributed by atoms with E-state index < -0.39 is 0 Å². The second kappa shape index (κ2) is 3.73. The molecule has 0 aromatic rings. The van der Waals surface area contributed by atoms with Gasteiger partial charge in [0.2, 0.25) is 0 Å². The molecular formula is C12H23N. The summed E-state index contributed by atoms with van der Waals surface area (Å²) in [6.07, 6.45) is 2.46. The van der Waals surface area contributed by atoms with Gasteiger partial charge in [-0.05, 0) is 24.2 Å². The molecule has 1 atom stereocenters. The molecule has 0 aromatic heterocycles. The zero-order valence-electron chi connectivity index (χ0n) is 9.56. The smallest absolute Gasteiger partial charge is 0.0201 e. The Morgan fingerprint density at radius 2 is 2.08 bits per heavy atom. The largest absolute Gasteiger partial charge is 0.375 e. The first kappa shape index (κ1) is 10.6. The van der Waals surface area contributed by atoms with Crippen molar-refractivity contribution in [1.82, 2.24) is 4.90 Å². The van der Waals surface area contributed by atoms with Crippen LogP contribution >= 0.6 is 0 Å². The maximum Gasteiger partial charge on any atom is 0.0201 e. The van der Waals surface area contributed by atoms with Crippen molar-refractivity contribution in [3.05, 3.63) is 12.3 Å². The minimum absolute atomic E-state index is 0.378. The third-order valence-corrected chi connectivity index (χ3v) is 2.61. The van der Waals surface area contributed by atoms with Crippen LogP contribution in [0.25, 0.3) is 0 Å². The molecule has 0 aliphatic carbocycles. The fourth-order valence-corrected chi connectivity index (χ4v) is 1.95. The van der Waals surface area contributed by atoms with Crippen LogP contribution < -0.4 is 0 Å². The van der Waals surface area contributed by atoms with Crippen molar-refractivity contribution in [2.24, 2.45) is 11.3 Å². The van der Waals surface area contributed by atoms with Crippen LogP contribution in [0.15, 0.2) is 12.3 Å². The van der Waals surface area contributed by atoms with Crippen LogP contribution in [0.2, 0.25) is 0 Å². The lowest BCUT2D eigenvalue weighted by molar-refractivity contribution is 0.324. The minimum atomic E-state index is 0.378. The highest BCUT2D eigenvalue weighted by Crippen LogP contribution is 2.28. The predicted octanol–water partition coefficient (Wildman–Crippen LogP) is 3.28. The van der Waals surface area contributed by atoms with E-state index in [4.69, 9.17) is 0 Å². The van der Waals surface area contributed by atoms with E-state index in [2.05, 4.69) is 39.2 Å². The Balaban J connectivity index is 2.41. The molecule has 1 nitrogen and oxygen atoms in total. The van der Waals surface area contributed by atoms with E-state index in [1.165, 1.54) is 25.2 Å². The highest BCUT2D eigenvalue weighted by Gasteiger charge is 2.22. The Morgan fingerprint density at radius 1 is 1.46 bits per heavy atom. The molecule has 0 aromatic carbocycles. The van der Waals surface area contributed by atoms with Crippen LogP contribution in [0.5, 0.6) is 0 Å². The molecule has 0 amide bonds. The van der Waals surface area contributed by atoms with E-state index >= 15 is 0 Å². The SMILES string of the molecule is C=C(CC(C)(C)C)N1CCC(C)C1. The van der Waals surface area contributed by atoms with Gasteiger partial charge in [0, 0.05) is 18.8 Å². The van der Waals surface area contributed by atoms with Gasteiger partial charge in [-0.15, -0.1) is 0 Å². The Labute approximate surface area is 82.8 Å². The number of nitrogens with zero attached hydrogens (tertiary/aromatic N) is 1. The average Bonchev–Trinajstić information content (AvgIpc) is 2.31. The fourth-order valence-electron chi connectivity index (χ4n) is 1.95. The van der Waals surface area contributed by atoms with Gasteiger partial charge in [-0.3, -0.25) is 0 Å². The first-order valence-electron chi connectivity index (χ1n) is 5.31. The molecule has 1 heterocycles. The summed E-state index contributed by atoms with van der Waals surface area (Å²) >= 11 is 0. The number of hydrogen-bond donors (Lipinski definition) is 0. The first-order chi connectivity index (χ1) is 5.88. The molecule has 13 heavy (non-hydrogen) atoms. The van der Waals surface area contributed by atoms with E-state index in [0.717, 1.165) is 12.3 Å². The number of likely N-dealkylation sites (tertiary alicyclic amines) is 1. The molecule has 1 aliphatic rings. The van der Waals surface area contributed by atoms with Crippen LogP contribution in [0.3, 0.4) is 0 Å². The number of hydrogen-bond acceptors (Lipinski definition) is 1. The molecule has 1 heteroatoms. The normalized spacial score (nSPS) is 23.7. The van der Waals surface area contributed by atoms with Crippen molar-refractivity contribution >= 4 is 0 Å². The number of allylic oxidation sites excluding steroid dienone is 1. The molecule has 0 saturated carbocycles. The molecule has 0 radical (unpaired) electrons. The zero-order chi connectivity index (χ0) is 10.1. The van der Waals surface area contributed by atoms with Crippen molar-refractivity contribution < 1.29 is 0 Å². The Hall–Kier alpha value is -0.460. The Bertz CT molecular complexity index is 188. The maximum atomic E-state index is 4.18. The highest BCUT2D eigenvalue weighted by molar-refractivity contribution is 4.99. The highest BCUT2D eigenvalue weighted by atomic mass is 15.2. The topological polar surface area (TPSA) is 3.24 Å². The van der Waals surface area contributed by atoms with E-state index in [1.54, 1.807) is 0 Å². The molecule has 0 N–H and O–H groups in total. The summed E-state index contributed by atoms with van der Waals surface area (Å²) in [7, 11) is 0. The second-order valence-electron chi connectivity index (χ2n) is 5.64. The molecule has 1 unspecified atom stereocenters. The van der Waals surface area contributed by atoms with Crippen molar-refractivity contribution in [1.29, 1.82) is 0 Å². The van der Waals surface area contributed by atoms with Gasteiger partial charge in [0.15, 0.2) is 0 Å². The molecular weight excluding hydrogens is 158 g/mol. The zero-order valence-corrected chi connectivity index (χ0v) is 9.56. The summed E-state index contributed by atoms with van der Waals surface area (Å²) in [5, 5.41) is 0. The van der Waals surface area contributed by atoms with Gasteiger partial charge in [-0.2, -0.15) is 0 Å². The summed E-state index contributed by atoms with van der Waals surface area (Å²) in [4.78, 5) is 2.45. The van der Waals surface area contributed by atoms with Gasteiger partial charge >= 0.3 is 0 Å². The van der Waals surface area contributed by atoms with Crippen LogP contribution in [0.4, 0.5) is 0 Å². The van der Waals surface area contributed by atoms with Crippen LogP contribution in [-0.4, -0.2) is 18.0 Å². The lowest BCUT2D eigenvalue weighted by atomic mass is 9.90. The van der Waals surface area contributed by atoms with Gasteiger partial charge in [-0.1, -0.05) is 34.3 Å². The van der Waals surface area contributed by atoms with Gasteiger partial charge in [0.1, 0.15) is 0 Å². The third-order valence-electron chi connectivity index (χ3n) is 2.61. The monoisotopic (exact) mass is 181 g/mol. The van der Waals surface area contributed by atoms with E-state index in [0.29, 0.717) is 5.41 Å². The summed E-state index contributed by atoms with van der Waals surface area (Å²) in [6.45, 7) is 15.8. The van der Waals surface area contributed by atoms with E-state index in [1.807, 2.05) is 0 Å². The molecule has 1 aliphatic heterocycles. The van der Waals surface area contributed by atoms with Crippen LogP contribution in [0.1, 0.15) is 40.5 Å². The van der Waals surface area contributed by atoms with Crippen LogP contribution in [0, 0.1) is 11.3 Å².